The molecule has 2 aromatic heterocycles. The third kappa shape index (κ3) is 8.05. The van der Waals surface area contributed by atoms with Crippen molar-refractivity contribution in [2.75, 3.05) is 11.9 Å². The number of carbonyl (C=O) groups excluding carboxylic acids is 4. The topological polar surface area (TPSA) is 199 Å². The number of fused-ring (bicyclic) bond motifs is 4. The summed E-state index contributed by atoms with van der Waals surface area (Å²) in [4.78, 5) is 72.0. The molecule has 54 heavy (non-hydrogen) atoms. The summed E-state index contributed by atoms with van der Waals surface area (Å²) in [5, 5.41) is 8.80. The van der Waals surface area contributed by atoms with E-state index in [0.717, 1.165) is 27.8 Å². The summed E-state index contributed by atoms with van der Waals surface area (Å²) in [5.41, 5.74) is 11.1. The number of ether oxygens (including phenoxy) is 1. The second-order valence-corrected chi connectivity index (χ2v) is 13.0. The lowest BCUT2D eigenvalue weighted by Gasteiger charge is -2.23. The Hall–Kier alpha value is -7.02. The third-order valence-corrected chi connectivity index (χ3v) is 9.31. The zero-order chi connectivity index (χ0) is 37.6. The largest absolute Gasteiger partial charge is 0.449 e. The standard InChI is InChI=1S/C41H36N6O7/c42-37(48)17-25-18-38(49)54-36-20-26(14-15-28(25)36)45-39(50)35(19-27-21-43-23-44-27)46-40(51)34(16-24-8-2-1-3-9-24)47-41(52)53-22-33-31-12-6-4-10-29(31)30-11-5-7-13-32(30)33/h1-15,18,20-21,23,33-35H,16-17,19,22H2,(H2,42,48)(H,43,44)(H,45,50)(H,46,51)(H,47,52)/t34-,35+/m0/s1. The predicted octanol–water partition coefficient (Wildman–Crippen LogP) is 4.36. The summed E-state index contributed by atoms with van der Waals surface area (Å²) in [6, 6.07) is 28.7. The number of nitrogens with two attached hydrogens (primary N) is 1. The van der Waals surface area contributed by atoms with Crippen molar-refractivity contribution in [2.24, 2.45) is 5.73 Å². The number of H-pyrrole nitrogens is 1. The first-order valence-electron chi connectivity index (χ1n) is 17.3. The minimum Gasteiger partial charge on any atom is -0.449 e. The number of imidazole rings is 1. The highest BCUT2D eigenvalue weighted by Crippen LogP contribution is 2.44. The molecule has 0 saturated heterocycles. The van der Waals surface area contributed by atoms with Crippen molar-refractivity contribution in [3.05, 3.63) is 154 Å². The van der Waals surface area contributed by atoms with Crippen molar-refractivity contribution in [2.45, 2.75) is 37.3 Å². The third-order valence-electron chi connectivity index (χ3n) is 9.31. The van der Waals surface area contributed by atoms with Crippen LogP contribution in [0.5, 0.6) is 0 Å². The molecule has 13 heteroatoms. The lowest BCUT2D eigenvalue weighted by Crippen LogP contribution is -2.54. The molecule has 4 amide bonds. The van der Waals surface area contributed by atoms with E-state index in [1.54, 1.807) is 12.1 Å². The van der Waals surface area contributed by atoms with E-state index in [4.69, 9.17) is 14.9 Å². The van der Waals surface area contributed by atoms with Crippen molar-refractivity contribution < 1.29 is 28.3 Å². The molecule has 0 spiro atoms. The summed E-state index contributed by atoms with van der Waals surface area (Å²) in [7, 11) is 0. The van der Waals surface area contributed by atoms with Crippen LogP contribution < -0.4 is 27.3 Å². The first-order chi connectivity index (χ1) is 26.2. The van der Waals surface area contributed by atoms with Gasteiger partial charge in [-0.2, -0.15) is 0 Å². The maximum absolute atomic E-state index is 14.0. The summed E-state index contributed by atoms with van der Waals surface area (Å²) >= 11 is 0. The zero-order valence-electron chi connectivity index (χ0n) is 28.9. The van der Waals surface area contributed by atoms with Crippen LogP contribution in [0.2, 0.25) is 0 Å². The summed E-state index contributed by atoms with van der Waals surface area (Å²) in [6.45, 7) is 0.0558. The van der Waals surface area contributed by atoms with Crippen LogP contribution in [0.4, 0.5) is 10.5 Å². The highest BCUT2D eigenvalue weighted by Gasteiger charge is 2.31. The molecule has 1 aliphatic rings. The molecule has 0 bridgehead atoms. The molecule has 272 valence electrons. The number of hydrogen-bond donors (Lipinski definition) is 5. The second-order valence-electron chi connectivity index (χ2n) is 13.0. The van der Waals surface area contributed by atoms with Crippen LogP contribution in [-0.4, -0.2) is 52.5 Å². The van der Waals surface area contributed by atoms with E-state index in [0.29, 0.717) is 16.6 Å². The quantitative estimate of drug-likeness (QED) is 0.108. The molecule has 0 aliphatic heterocycles. The fraction of sp³-hybridized carbons (Fsp3) is 0.171. The molecule has 13 nitrogen and oxygen atoms in total. The second kappa shape index (κ2) is 15.7. The van der Waals surface area contributed by atoms with Gasteiger partial charge in [0.05, 0.1) is 12.7 Å². The Morgan fingerprint density at radius 2 is 1.50 bits per heavy atom. The Kier molecular flexibility index (Phi) is 10.3. The van der Waals surface area contributed by atoms with Crippen LogP contribution in [0.25, 0.3) is 22.1 Å². The van der Waals surface area contributed by atoms with E-state index in [1.165, 1.54) is 24.7 Å². The number of nitrogens with zero attached hydrogens (tertiary/aromatic N) is 1. The number of aromatic amines is 1. The number of hydrogen-bond acceptors (Lipinski definition) is 8. The van der Waals surface area contributed by atoms with E-state index in [1.807, 2.05) is 78.9 Å². The van der Waals surface area contributed by atoms with Crippen molar-refractivity contribution in [3.8, 4) is 11.1 Å². The SMILES string of the molecule is NC(=O)Cc1cc(=O)oc2cc(NC(=O)[C@@H](Cc3cnc[nH]3)NC(=O)[C@H](Cc3ccccc3)NC(=O)OCC3c4ccccc4-c4ccccc43)ccc12. The van der Waals surface area contributed by atoms with Crippen LogP contribution in [-0.2, 0) is 38.4 Å². The molecule has 7 rings (SSSR count). The van der Waals surface area contributed by atoms with E-state index in [9.17, 15) is 24.0 Å². The van der Waals surface area contributed by atoms with Gasteiger partial charge in [0, 0.05) is 53.9 Å². The van der Waals surface area contributed by atoms with Gasteiger partial charge in [-0.25, -0.2) is 14.6 Å². The average molecular weight is 725 g/mol. The number of rotatable bonds is 13. The summed E-state index contributed by atoms with van der Waals surface area (Å²) in [5.74, 6) is -2.00. The Morgan fingerprint density at radius 3 is 2.19 bits per heavy atom. The van der Waals surface area contributed by atoms with Crippen LogP contribution in [0.1, 0.15) is 33.9 Å². The van der Waals surface area contributed by atoms with Gasteiger partial charge in [-0.05, 0) is 45.5 Å². The van der Waals surface area contributed by atoms with Crippen LogP contribution >= 0.6 is 0 Å². The predicted molar refractivity (Wildman–Crippen MR) is 200 cm³/mol. The Labute approximate surface area is 308 Å². The molecule has 0 unspecified atom stereocenters. The summed E-state index contributed by atoms with van der Waals surface area (Å²) < 4.78 is 11.1. The molecule has 0 fully saturated rings. The number of amides is 4. The maximum Gasteiger partial charge on any atom is 0.407 e. The molecular weight excluding hydrogens is 688 g/mol. The first-order valence-corrected chi connectivity index (χ1v) is 17.3. The molecule has 0 radical (unpaired) electrons. The number of alkyl carbamates (subject to hydrolysis) is 1. The summed E-state index contributed by atoms with van der Waals surface area (Å²) in [6.07, 6.45) is 2.20. The Bertz CT molecular complexity index is 2350. The number of aromatic nitrogens is 2. The Balaban J connectivity index is 1.09. The van der Waals surface area contributed by atoms with Gasteiger partial charge in [0.25, 0.3) is 0 Å². The van der Waals surface area contributed by atoms with Gasteiger partial charge in [0.1, 0.15) is 24.3 Å². The van der Waals surface area contributed by atoms with Crippen LogP contribution in [0.15, 0.2) is 125 Å². The lowest BCUT2D eigenvalue weighted by molar-refractivity contribution is -0.127. The fourth-order valence-corrected chi connectivity index (χ4v) is 6.81. The minimum atomic E-state index is -1.13. The Morgan fingerprint density at radius 1 is 0.815 bits per heavy atom. The minimum absolute atomic E-state index is 0.0337. The monoisotopic (exact) mass is 724 g/mol. The van der Waals surface area contributed by atoms with Crippen molar-refractivity contribution in [1.82, 2.24) is 20.6 Å². The molecule has 2 atom stereocenters. The van der Waals surface area contributed by atoms with Gasteiger partial charge < -0.3 is 35.8 Å². The number of benzene rings is 4. The van der Waals surface area contributed by atoms with Gasteiger partial charge >= 0.3 is 11.7 Å². The van der Waals surface area contributed by atoms with Gasteiger partial charge in [-0.3, -0.25) is 14.4 Å². The number of nitrogens with one attached hydrogen (secondary N) is 4. The van der Waals surface area contributed by atoms with Crippen molar-refractivity contribution in [3.63, 3.8) is 0 Å². The van der Waals surface area contributed by atoms with Gasteiger partial charge in [0.15, 0.2) is 0 Å². The maximum atomic E-state index is 14.0. The van der Waals surface area contributed by atoms with E-state index in [2.05, 4.69) is 25.9 Å². The molecule has 6 N–H and O–H groups in total. The average Bonchev–Trinajstić information content (AvgIpc) is 3.79. The number of anilines is 1. The lowest BCUT2D eigenvalue weighted by atomic mass is 9.98. The molecule has 4 aromatic carbocycles. The highest BCUT2D eigenvalue weighted by molar-refractivity contribution is 6.00. The highest BCUT2D eigenvalue weighted by atomic mass is 16.5. The zero-order valence-corrected chi connectivity index (χ0v) is 28.9. The van der Waals surface area contributed by atoms with Gasteiger partial charge in [0.2, 0.25) is 17.7 Å². The van der Waals surface area contributed by atoms with Gasteiger partial charge in [-0.15, -0.1) is 0 Å². The molecule has 1 aliphatic carbocycles. The van der Waals surface area contributed by atoms with E-state index in [-0.39, 0.29) is 43.1 Å². The van der Waals surface area contributed by atoms with E-state index < -0.39 is 41.5 Å². The van der Waals surface area contributed by atoms with Crippen molar-refractivity contribution >= 4 is 40.5 Å². The molecule has 0 saturated carbocycles. The molecular formula is C41H36N6O7. The molecule has 2 heterocycles. The van der Waals surface area contributed by atoms with Crippen molar-refractivity contribution in [1.29, 1.82) is 0 Å². The first kappa shape index (κ1) is 35.4. The van der Waals surface area contributed by atoms with Crippen LogP contribution in [0, 0.1) is 0 Å². The number of carbonyl (C=O) groups is 4. The molecule has 6 aromatic rings. The smallest absolute Gasteiger partial charge is 0.407 e. The normalized spacial score (nSPS) is 13.0. The fourth-order valence-electron chi connectivity index (χ4n) is 6.81. The number of primary amides is 1. The van der Waals surface area contributed by atoms with Crippen LogP contribution in [0.3, 0.4) is 0 Å². The van der Waals surface area contributed by atoms with E-state index >= 15 is 0 Å². The van der Waals surface area contributed by atoms with Gasteiger partial charge in [-0.1, -0.05) is 78.9 Å².